The minimum Gasteiger partial charge on any atom is -0.496 e. The van der Waals surface area contributed by atoms with Crippen molar-refractivity contribution in [3.63, 3.8) is 0 Å². The average Bonchev–Trinajstić information content (AvgIpc) is 2.75. The van der Waals surface area contributed by atoms with E-state index in [-0.39, 0.29) is 17.4 Å². The van der Waals surface area contributed by atoms with Crippen molar-refractivity contribution in [2.75, 3.05) is 21.2 Å². The summed E-state index contributed by atoms with van der Waals surface area (Å²) in [5.74, 6) is -0.623. The number of hydrogen-bond acceptors (Lipinski definition) is 5. The summed E-state index contributed by atoms with van der Waals surface area (Å²) < 4.78 is 31.4. The van der Waals surface area contributed by atoms with Crippen molar-refractivity contribution < 1.29 is 22.7 Å². The molecule has 0 saturated heterocycles. The van der Waals surface area contributed by atoms with Crippen molar-refractivity contribution in [3.05, 3.63) is 59.7 Å². The maximum atomic E-state index is 12.9. The molecule has 0 fully saturated rings. The number of amides is 2. The first-order chi connectivity index (χ1) is 14.6. The molecule has 0 saturated carbocycles. The molecule has 0 spiro atoms. The van der Waals surface area contributed by atoms with E-state index >= 15 is 0 Å². The van der Waals surface area contributed by atoms with E-state index in [0.29, 0.717) is 16.9 Å². The molecule has 2 rings (SSSR count). The summed E-state index contributed by atoms with van der Waals surface area (Å²) in [4.78, 5) is 25.7. The Balaban J connectivity index is 2.17. The lowest BCUT2D eigenvalue weighted by molar-refractivity contribution is -0.124. The van der Waals surface area contributed by atoms with Crippen molar-refractivity contribution >= 4 is 21.8 Å². The lowest BCUT2D eigenvalue weighted by atomic mass is 10.0. The lowest BCUT2D eigenvalue weighted by Crippen LogP contribution is -2.49. The Bertz CT molecular complexity index is 1030. The van der Waals surface area contributed by atoms with Crippen molar-refractivity contribution in [3.8, 4) is 5.75 Å². The normalized spacial score (nSPS) is 12.5. The number of benzene rings is 2. The Morgan fingerprint density at radius 3 is 2.26 bits per heavy atom. The monoisotopic (exact) mass is 447 g/mol. The molecular weight excluding hydrogens is 418 g/mol. The van der Waals surface area contributed by atoms with Crippen LogP contribution in [0, 0.1) is 5.92 Å². The third kappa shape index (κ3) is 5.83. The quantitative estimate of drug-likeness (QED) is 0.612. The molecule has 1 unspecified atom stereocenters. The van der Waals surface area contributed by atoms with Gasteiger partial charge in [0, 0.05) is 20.6 Å². The fourth-order valence-electron chi connectivity index (χ4n) is 2.98. The number of rotatable bonds is 9. The van der Waals surface area contributed by atoms with E-state index in [1.165, 1.54) is 27.3 Å². The van der Waals surface area contributed by atoms with E-state index in [1.807, 2.05) is 13.8 Å². The SMILES string of the molecule is COc1ccccc1C(=O)NC(C(=O)NCc1ccccc1S(=O)(=O)N(C)C)C(C)C. The molecule has 2 aromatic carbocycles. The minimum atomic E-state index is -3.66. The van der Waals surface area contributed by atoms with E-state index in [2.05, 4.69) is 10.6 Å². The topological polar surface area (TPSA) is 105 Å². The van der Waals surface area contributed by atoms with E-state index < -0.39 is 27.9 Å². The van der Waals surface area contributed by atoms with E-state index in [9.17, 15) is 18.0 Å². The molecule has 2 aromatic rings. The number of sulfonamides is 1. The Morgan fingerprint density at radius 1 is 1.03 bits per heavy atom. The second-order valence-electron chi connectivity index (χ2n) is 7.51. The number of para-hydroxylation sites is 1. The maximum Gasteiger partial charge on any atom is 0.255 e. The number of nitrogens with zero attached hydrogens (tertiary/aromatic N) is 1. The smallest absolute Gasteiger partial charge is 0.255 e. The van der Waals surface area contributed by atoms with Crippen LogP contribution in [0.25, 0.3) is 0 Å². The Morgan fingerprint density at radius 2 is 1.65 bits per heavy atom. The number of carbonyl (C=O) groups excluding carboxylic acids is 2. The molecule has 2 N–H and O–H groups in total. The molecule has 0 aliphatic carbocycles. The molecule has 0 aromatic heterocycles. The molecule has 0 radical (unpaired) electrons. The molecule has 1 atom stereocenters. The highest BCUT2D eigenvalue weighted by atomic mass is 32.2. The number of ether oxygens (including phenoxy) is 1. The number of hydrogen-bond donors (Lipinski definition) is 2. The first-order valence-electron chi connectivity index (χ1n) is 9.81. The average molecular weight is 448 g/mol. The zero-order valence-corrected chi connectivity index (χ0v) is 19.2. The van der Waals surface area contributed by atoms with Gasteiger partial charge in [-0.25, -0.2) is 12.7 Å². The highest BCUT2D eigenvalue weighted by Gasteiger charge is 2.27. The molecule has 8 nitrogen and oxygen atoms in total. The van der Waals surface area contributed by atoms with Gasteiger partial charge in [-0.15, -0.1) is 0 Å². The van der Waals surface area contributed by atoms with E-state index in [1.54, 1.807) is 42.5 Å². The van der Waals surface area contributed by atoms with Crippen LogP contribution in [0.5, 0.6) is 5.75 Å². The Labute approximate surface area is 183 Å². The predicted octanol–water partition coefficient (Wildman–Crippen LogP) is 2.02. The highest BCUT2D eigenvalue weighted by molar-refractivity contribution is 7.89. The van der Waals surface area contributed by atoms with Gasteiger partial charge in [-0.05, 0) is 29.7 Å². The number of carbonyl (C=O) groups is 2. The fourth-order valence-corrected chi connectivity index (χ4v) is 4.09. The van der Waals surface area contributed by atoms with E-state index in [4.69, 9.17) is 4.74 Å². The van der Waals surface area contributed by atoms with Crippen molar-refractivity contribution in [1.82, 2.24) is 14.9 Å². The fraction of sp³-hybridized carbons (Fsp3) is 0.364. The summed E-state index contributed by atoms with van der Waals surface area (Å²) in [7, 11) is 0.716. The molecule has 0 aliphatic rings. The van der Waals surface area contributed by atoms with Crippen LogP contribution in [0.1, 0.15) is 29.8 Å². The highest BCUT2D eigenvalue weighted by Crippen LogP contribution is 2.19. The first kappa shape index (κ1) is 24.4. The zero-order valence-electron chi connectivity index (χ0n) is 18.4. The van der Waals surface area contributed by atoms with Crippen LogP contribution < -0.4 is 15.4 Å². The van der Waals surface area contributed by atoms with Crippen LogP contribution >= 0.6 is 0 Å². The van der Waals surface area contributed by atoms with Crippen molar-refractivity contribution in [2.24, 2.45) is 5.92 Å². The Kier molecular flexibility index (Phi) is 8.18. The van der Waals surface area contributed by atoms with Crippen molar-refractivity contribution in [2.45, 2.75) is 31.3 Å². The number of nitrogens with one attached hydrogen (secondary N) is 2. The van der Waals surface area contributed by atoms with Crippen LogP contribution in [0.15, 0.2) is 53.4 Å². The van der Waals surface area contributed by atoms with Gasteiger partial charge in [0.2, 0.25) is 15.9 Å². The van der Waals surface area contributed by atoms with Crippen LogP contribution in [0.3, 0.4) is 0 Å². The van der Waals surface area contributed by atoms with Crippen LogP contribution in [-0.2, 0) is 21.4 Å². The van der Waals surface area contributed by atoms with Gasteiger partial charge in [0.1, 0.15) is 11.8 Å². The van der Waals surface area contributed by atoms with Crippen molar-refractivity contribution in [1.29, 1.82) is 0 Å². The molecule has 31 heavy (non-hydrogen) atoms. The molecule has 0 bridgehead atoms. The van der Waals surface area contributed by atoms with Gasteiger partial charge in [-0.1, -0.05) is 44.2 Å². The molecule has 0 aliphatic heterocycles. The predicted molar refractivity (Wildman–Crippen MR) is 118 cm³/mol. The standard InChI is InChI=1S/C22H29N3O5S/c1-15(2)20(24-21(26)17-11-7-8-12-18(17)30-5)22(27)23-14-16-10-6-9-13-19(16)31(28,29)25(3)4/h6-13,15,20H,14H2,1-5H3,(H,23,27)(H,24,26). The summed E-state index contributed by atoms with van der Waals surface area (Å²) in [6.45, 7) is 3.64. The summed E-state index contributed by atoms with van der Waals surface area (Å²) >= 11 is 0. The van der Waals surface area contributed by atoms with Gasteiger partial charge >= 0.3 is 0 Å². The molecule has 168 valence electrons. The van der Waals surface area contributed by atoms with Gasteiger partial charge in [-0.3, -0.25) is 9.59 Å². The first-order valence-corrected chi connectivity index (χ1v) is 11.3. The van der Waals surface area contributed by atoms with E-state index in [0.717, 1.165) is 4.31 Å². The molecule has 9 heteroatoms. The maximum absolute atomic E-state index is 12.9. The van der Waals surface area contributed by atoms with Crippen LogP contribution in [0.4, 0.5) is 0 Å². The summed E-state index contributed by atoms with van der Waals surface area (Å²) in [6.07, 6.45) is 0. The third-order valence-electron chi connectivity index (χ3n) is 4.77. The zero-order chi connectivity index (χ0) is 23.2. The van der Waals surface area contributed by atoms with Gasteiger partial charge in [0.15, 0.2) is 0 Å². The second kappa shape index (κ2) is 10.4. The summed E-state index contributed by atoms with van der Waals surface area (Å²) in [5.41, 5.74) is 0.786. The van der Waals surface area contributed by atoms with Gasteiger partial charge < -0.3 is 15.4 Å². The third-order valence-corrected chi connectivity index (χ3v) is 6.69. The molecule has 0 heterocycles. The largest absolute Gasteiger partial charge is 0.496 e. The summed E-state index contributed by atoms with van der Waals surface area (Å²) in [5, 5.41) is 5.50. The van der Waals surface area contributed by atoms with Gasteiger partial charge in [-0.2, -0.15) is 0 Å². The summed E-state index contributed by atoms with van der Waals surface area (Å²) in [6, 6.07) is 12.4. The number of methoxy groups -OCH3 is 1. The Hall–Kier alpha value is -2.91. The molecule has 2 amide bonds. The second-order valence-corrected chi connectivity index (χ2v) is 9.63. The molecular formula is C22H29N3O5S. The lowest BCUT2D eigenvalue weighted by Gasteiger charge is -2.23. The van der Waals surface area contributed by atoms with Gasteiger partial charge in [0.05, 0.1) is 17.6 Å². The van der Waals surface area contributed by atoms with Gasteiger partial charge in [0.25, 0.3) is 5.91 Å². The van der Waals surface area contributed by atoms with Crippen LogP contribution in [-0.4, -0.2) is 51.8 Å². The van der Waals surface area contributed by atoms with Crippen LogP contribution in [0.2, 0.25) is 0 Å². The minimum absolute atomic E-state index is 0.00975.